The number of carboxylic acid groups (broad SMARTS) is 1. The Hall–Kier alpha value is -2.57. The predicted octanol–water partition coefficient (Wildman–Crippen LogP) is 0.308. The highest BCUT2D eigenvalue weighted by Crippen LogP contribution is 2.25. The third-order valence-corrected chi connectivity index (χ3v) is 2.81. The normalized spacial score (nSPS) is 17.9. The van der Waals surface area contributed by atoms with Gasteiger partial charge in [0.1, 0.15) is 11.8 Å². The van der Waals surface area contributed by atoms with Crippen molar-refractivity contribution in [2.45, 2.75) is 18.9 Å². The Bertz CT molecular complexity index is 555. The van der Waals surface area contributed by atoms with Crippen molar-refractivity contribution in [1.29, 1.82) is 0 Å². The summed E-state index contributed by atoms with van der Waals surface area (Å²) in [5, 5.41) is 23.3. The zero-order valence-corrected chi connectivity index (χ0v) is 9.84. The molecule has 2 rings (SSSR count). The number of aromatic hydroxyl groups is 1. The summed E-state index contributed by atoms with van der Waals surface area (Å²) < 4.78 is 0. The first-order valence-corrected chi connectivity index (χ1v) is 5.64. The Morgan fingerprint density at radius 3 is 2.63 bits per heavy atom. The van der Waals surface area contributed by atoms with E-state index in [-0.39, 0.29) is 22.9 Å². The number of carbonyl (C=O) groups excluding carboxylic acids is 2. The molecule has 0 saturated carbocycles. The molecule has 7 heteroatoms. The number of hydrogen-bond donors (Lipinski definition) is 4. The zero-order chi connectivity index (χ0) is 14.0. The molecule has 0 radical (unpaired) electrons. The Labute approximate surface area is 108 Å². The second-order valence-corrected chi connectivity index (χ2v) is 4.19. The molecule has 0 aliphatic carbocycles. The molecule has 4 N–H and O–H groups in total. The van der Waals surface area contributed by atoms with Gasteiger partial charge in [0.15, 0.2) is 0 Å². The van der Waals surface area contributed by atoms with Gasteiger partial charge in [-0.05, 0) is 24.6 Å². The van der Waals surface area contributed by atoms with Gasteiger partial charge >= 0.3 is 5.97 Å². The molecule has 2 amide bonds. The number of amides is 2. The fourth-order valence-corrected chi connectivity index (χ4v) is 1.80. The first-order chi connectivity index (χ1) is 8.97. The van der Waals surface area contributed by atoms with E-state index in [0.29, 0.717) is 12.8 Å². The second-order valence-electron chi connectivity index (χ2n) is 4.19. The molecule has 1 atom stereocenters. The van der Waals surface area contributed by atoms with Gasteiger partial charge in [-0.3, -0.25) is 9.59 Å². The van der Waals surface area contributed by atoms with Crippen molar-refractivity contribution in [1.82, 2.24) is 5.32 Å². The number of phenols is 1. The van der Waals surface area contributed by atoms with Gasteiger partial charge in [0.25, 0.3) is 0 Å². The Morgan fingerprint density at radius 1 is 1.37 bits per heavy atom. The van der Waals surface area contributed by atoms with E-state index in [2.05, 4.69) is 10.6 Å². The molecule has 1 saturated heterocycles. The fraction of sp³-hybridized carbons (Fsp3) is 0.250. The van der Waals surface area contributed by atoms with Crippen LogP contribution in [0.3, 0.4) is 0 Å². The van der Waals surface area contributed by atoms with Crippen molar-refractivity contribution >= 4 is 23.5 Å². The Kier molecular flexibility index (Phi) is 3.37. The van der Waals surface area contributed by atoms with Crippen molar-refractivity contribution in [2.24, 2.45) is 0 Å². The summed E-state index contributed by atoms with van der Waals surface area (Å²) >= 11 is 0. The van der Waals surface area contributed by atoms with Crippen LogP contribution in [0.4, 0.5) is 5.69 Å². The lowest BCUT2D eigenvalue weighted by Crippen LogP contribution is -2.37. The van der Waals surface area contributed by atoms with Crippen molar-refractivity contribution in [3.05, 3.63) is 23.8 Å². The highest BCUT2D eigenvalue weighted by Gasteiger charge is 2.27. The van der Waals surface area contributed by atoms with Crippen molar-refractivity contribution in [3.63, 3.8) is 0 Å². The largest absolute Gasteiger partial charge is 0.506 e. The van der Waals surface area contributed by atoms with E-state index < -0.39 is 17.9 Å². The van der Waals surface area contributed by atoms with Crippen LogP contribution in [0, 0.1) is 0 Å². The minimum atomic E-state index is -1.17. The van der Waals surface area contributed by atoms with E-state index in [4.69, 9.17) is 5.11 Å². The Morgan fingerprint density at radius 2 is 2.11 bits per heavy atom. The number of rotatable bonds is 3. The summed E-state index contributed by atoms with van der Waals surface area (Å²) in [5.41, 5.74) is 0.0285. The number of carbonyl (C=O) groups is 3. The molecule has 1 heterocycles. The molecule has 1 aliphatic heterocycles. The van der Waals surface area contributed by atoms with E-state index in [1.54, 1.807) is 0 Å². The third-order valence-electron chi connectivity index (χ3n) is 2.81. The van der Waals surface area contributed by atoms with Crippen LogP contribution in [-0.4, -0.2) is 34.0 Å². The molecule has 100 valence electrons. The molecule has 1 fully saturated rings. The van der Waals surface area contributed by atoms with Crippen LogP contribution in [-0.2, 0) is 9.59 Å². The Balaban J connectivity index is 2.09. The summed E-state index contributed by atoms with van der Waals surface area (Å²) in [6, 6.07) is 3.00. The summed E-state index contributed by atoms with van der Waals surface area (Å²) in [6.07, 6.45) is 0.695. The standard InChI is InChI=1S/C12H12N2O5/c15-9-5-6(12(18)19)1-2-7(9)14-11(17)8-3-4-10(16)13-8/h1-2,5,8,15H,3-4H2,(H,13,16)(H,14,17)(H,18,19)/t8-/m1/s1. The van der Waals surface area contributed by atoms with Crippen LogP contribution in [0.2, 0.25) is 0 Å². The van der Waals surface area contributed by atoms with Gasteiger partial charge in [-0.2, -0.15) is 0 Å². The lowest BCUT2D eigenvalue weighted by molar-refractivity contribution is -0.122. The second kappa shape index (κ2) is 4.97. The number of anilines is 1. The molecule has 19 heavy (non-hydrogen) atoms. The highest BCUT2D eigenvalue weighted by atomic mass is 16.4. The molecule has 0 spiro atoms. The van der Waals surface area contributed by atoms with Crippen molar-refractivity contribution in [3.8, 4) is 5.75 Å². The lowest BCUT2D eigenvalue weighted by Gasteiger charge is -2.12. The number of hydrogen-bond acceptors (Lipinski definition) is 4. The average molecular weight is 264 g/mol. The number of benzene rings is 1. The minimum absolute atomic E-state index is 0.0790. The molecular weight excluding hydrogens is 252 g/mol. The van der Waals surface area contributed by atoms with Crippen LogP contribution in [0.1, 0.15) is 23.2 Å². The van der Waals surface area contributed by atoms with Crippen LogP contribution in [0.15, 0.2) is 18.2 Å². The van der Waals surface area contributed by atoms with Gasteiger partial charge in [0.2, 0.25) is 11.8 Å². The number of phenolic OH excluding ortho intramolecular Hbond substituents is 1. The monoisotopic (exact) mass is 264 g/mol. The van der Waals surface area contributed by atoms with Gasteiger partial charge in [-0.1, -0.05) is 0 Å². The quantitative estimate of drug-likeness (QED) is 0.586. The summed E-state index contributed by atoms with van der Waals surface area (Å²) in [7, 11) is 0. The van der Waals surface area contributed by atoms with Crippen LogP contribution in [0.25, 0.3) is 0 Å². The lowest BCUT2D eigenvalue weighted by atomic mass is 10.1. The summed E-state index contributed by atoms with van der Waals surface area (Å²) in [4.78, 5) is 33.5. The molecule has 7 nitrogen and oxygen atoms in total. The molecular formula is C12H12N2O5. The van der Waals surface area contributed by atoms with Crippen molar-refractivity contribution < 1.29 is 24.6 Å². The number of aromatic carboxylic acids is 1. The van der Waals surface area contributed by atoms with Gasteiger partial charge in [0.05, 0.1) is 11.3 Å². The fourth-order valence-electron chi connectivity index (χ4n) is 1.80. The topological polar surface area (TPSA) is 116 Å². The molecule has 1 aromatic carbocycles. The predicted molar refractivity (Wildman–Crippen MR) is 64.9 cm³/mol. The molecule has 0 unspecified atom stereocenters. The highest BCUT2D eigenvalue weighted by molar-refractivity contribution is 6.00. The third kappa shape index (κ3) is 2.82. The number of nitrogens with one attached hydrogen (secondary N) is 2. The average Bonchev–Trinajstić information content (AvgIpc) is 2.78. The molecule has 0 bridgehead atoms. The maximum atomic E-state index is 11.8. The van der Waals surface area contributed by atoms with Gasteiger partial charge in [-0.15, -0.1) is 0 Å². The van der Waals surface area contributed by atoms with E-state index in [1.165, 1.54) is 12.1 Å². The SMILES string of the molecule is O=C1CC[C@H](C(=O)Nc2ccc(C(=O)O)cc2O)N1. The minimum Gasteiger partial charge on any atom is -0.506 e. The summed E-state index contributed by atoms with van der Waals surface area (Å²) in [5.74, 6) is -2.14. The van der Waals surface area contributed by atoms with Crippen LogP contribution >= 0.6 is 0 Å². The first kappa shape index (κ1) is 12.9. The smallest absolute Gasteiger partial charge is 0.335 e. The van der Waals surface area contributed by atoms with Crippen LogP contribution in [0.5, 0.6) is 5.75 Å². The molecule has 1 aromatic rings. The maximum Gasteiger partial charge on any atom is 0.335 e. The molecule has 1 aliphatic rings. The van der Waals surface area contributed by atoms with E-state index >= 15 is 0 Å². The summed E-state index contributed by atoms with van der Waals surface area (Å²) in [6.45, 7) is 0. The van der Waals surface area contributed by atoms with Crippen molar-refractivity contribution in [2.75, 3.05) is 5.32 Å². The zero-order valence-electron chi connectivity index (χ0n) is 9.84. The van der Waals surface area contributed by atoms with Gasteiger partial charge in [-0.25, -0.2) is 4.79 Å². The van der Waals surface area contributed by atoms with Crippen LogP contribution < -0.4 is 10.6 Å². The maximum absolute atomic E-state index is 11.8. The van der Waals surface area contributed by atoms with Gasteiger partial charge < -0.3 is 20.8 Å². The number of carboxylic acids is 1. The van der Waals surface area contributed by atoms with E-state index in [1.807, 2.05) is 0 Å². The first-order valence-electron chi connectivity index (χ1n) is 5.64. The van der Waals surface area contributed by atoms with Gasteiger partial charge in [0, 0.05) is 6.42 Å². The van der Waals surface area contributed by atoms with E-state index in [9.17, 15) is 19.5 Å². The molecule has 0 aromatic heterocycles. The van der Waals surface area contributed by atoms with E-state index in [0.717, 1.165) is 6.07 Å².